The monoisotopic (exact) mass is 540 g/mol. The Hall–Kier alpha value is -2.90. The maximum atomic E-state index is 12.6. The van der Waals surface area contributed by atoms with Crippen LogP contribution in [0.2, 0.25) is 0 Å². The van der Waals surface area contributed by atoms with Gasteiger partial charge in [-0.25, -0.2) is 0 Å². The van der Waals surface area contributed by atoms with Crippen LogP contribution in [0.3, 0.4) is 0 Å². The molecule has 0 atom stereocenters. The maximum absolute atomic E-state index is 12.6. The smallest absolute Gasteiger partial charge is 0.257 e. The number of halogens is 1. The van der Waals surface area contributed by atoms with Crippen molar-refractivity contribution < 1.29 is 14.3 Å². The third kappa shape index (κ3) is 8.47. The Bertz CT molecular complexity index is 1110. The molecule has 0 saturated heterocycles. The van der Waals surface area contributed by atoms with Crippen molar-refractivity contribution in [3.8, 4) is 11.5 Å². The number of ether oxygens (including phenoxy) is 2. The molecule has 0 radical (unpaired) electrons. The summed E-state index contributed by atoms with van der Waals surface area (Å²) in [6, 6.07) is 22.9. The van der Waals surface area contributed by atoms with Gasteiger partial charge in [-0.05, 0) is 76.4 Å². The number of rotatable bonds is 10. The first kappa shape index (κ1) is 25.7. The number of anilines is 1. The van der Waals surface area contributed by atoms with E-state index in [4.69, 9.17) is 21.7 Å². The molecule has 3 aromatic carbocycles. The van der Waals surface area contributed by atoms with Crippen molar-refractivity contribution in [2.45, 2.75) is 26.7 Å². The molecule has 2 N–H and O–H groups in total. The average molecular weight is 542 g/mol. The van der Waals surface area contributed by atoms with Gasteiger partial charge in [-0.1, -0.05) is 50.2 Å². The van der Waals surface area contributed by atoms with Crippen LogP contribution in [0.25, 0.3) is 0 Å². The van der Waals surface area contributed by atoms with E-state index in [9.17, 15) is 4.79 Å². The largest absolute Gasteiger partial charge is 0.493 e. The van der Waals surface area contributed by atoms with Crippen molar-refractivity contribution in [1.82, 2.24) is 5.32 Å². The molecule has 0 spiro atoms. The summed E-state index contributed by atoms with van der Waals surface area (Å²) in [5, 5.41) is 5.96. The van der Waals surface area contributed by atoms with E-state index in [1.807, 2.05) is 42.5 Å². The lowest BCUT2D eigenvalue weighted by Gasteiger charge is -2.13. The first-order chi connectivity index (χ1) is 16.4. The molecule has 0 heterocycles. The van der Waals surface area contributed by atoms with E-state index in [-0.39, 0.29) is 11.0 Å². The van der Waals surface area contributed by atoms with Crippen LogP contribution in [0, 0.1) is 5.92 Å². The zero-order chi connectivity index (χ0) is 24.3. The van der Waals surface area contributed by atoms with Gasteiger partial charge in [-0.15, -0.1) is 0 Å². The number of thiocarbonyl (C=S) groups is 1. The fourth-order valence-electron chi connectivity index (χ4n) is 3.10. The zero-order valence-electron chi connectivity index (χ0n) is 19.3. The minimum atomic E-state index is -0.304. The van der Waals surface area contributed by atoms with Gasteiger partial charge in [-0.2, -0.15) is 0 Å². The van der Waals surface area contributed by atoms with E-state index >= 15 is 0 Å². The second kappa shape index (κ2) is 13.1. The molecule has 178 valence electrons. The van der Waals surface area contributed by atoms with Crippen molar-refractivity contribution in [1.29, 1.82) is 0 Å². The molecule has 0 unspecified atom stereocenters. The van der Waals surface area contributed by atoms with Crippen LogP contribution in [0.4, 0.5) is 5.69 Å². The van der Waals surface area contributed by atoms with E-state index in [0.717, 1.165) is 28.8 Å². The van der Waals surface area contributed by atoms with Gasteiger partial charge < -0.3 is 14.8 Å². The summed E-state index contributed by atoms with van der Waals surface area (Å²) in [6.07, 6.45) is 1.79. The quantitative estimate of drug-likeness (QED) is 0.283. The molecule has 0 bridgehead atoms. The van der Waals surface area contributed by atoms with Gasteiger partial charge in [-0.3, -0.25) is 10.1 Å². The minimum absolute atomic E-state index is 0.208. The number of nitrogens with one attached hydrogen (secondary N) is 2. The minimum Gasteiger partial charge on any atom is -0.493 e. The summed E-state index contributed by atoms with van der Waals surface area (Å²) in [7, 11) is 0. The van der Waals surface area contributed by atoms with Gasteiger partial charge in [0.15, 0.2) is 5.11 Å². The van der Waals surface area contributed by atoms with Crippen LogP contribution in [0.15, 0.2) is 77.3 Å². The molecule has 3 aromatic rings. The molecule has 0 aliphatic rings. The highest BCUT2D eigenvalue weighted by Gasteiger charge is 2.11. The Labute approximate surface area is 215 Å². The fourth-order valence-corrected chi connectivity index (χ4v) is 3.80. The van der Waals surface area contributed by atoms with E-state index < -0.39 is 0 Å². The summed E-state index contributed by atoms with van der Waals surface area (Å²) in [5.41, 5.74) is 2.44. The molecule has 0 saturated carbocycles. The van der Waals surface area contributed by atoms with Gasteiger partial charge in [0.05, 0.1) is 17.7 Å². The molecule has 3 rings (SSSR count). The molecular weight excluding hydrogens is 512 g/mol. The Kier molecular flexibility index (Phi) is 9.91. The highest BCUT2D eigenvalue weighted by atomic mass is 79.9. The molecule has 0 aliphatic heterocycles. The third-order valence-corrected chi connectivity index (χ3v) is 5.79. The van der Waals surface area contributed by atoms with E-state index in [1.54, 1.807) is 18.2 Å². The van der Waals surface area contributed by atoms with Crippen LogP contribution in [0.5, 0.6) is 11.5 Å². The van der Waals surface area contributed by atoms with Gasteiger partial charge in [0.2, 0.25) is 0 Å². The van der Waals surface area contributed by atoms with Gasteiger partial charge in [0.25, 0.3) is 5.91 Å². The molecule has 7 heteroatoms. The molecule has 0 aliphatic carbocycles. The van der Waals surface area contributed by atoms with Crippen molar-refractivity contribution in [2.75, 3.05) is 18.5 Å². The number of carbonyl (C=O) groups excluding carboxylic acids is 1. The second-order valence-electron chi connectivity index (χ2n) is 8.20. The first-order valence-electron chi connectivity index (χ1n) is 11.2. The van der Waals surface area contributed by atoms with Crippen molar-refractivity contribution in [3.63, 3.8) is 0 Å². The van der Waals surface area contributed by atoms with Gasteiger partial charge in [0, 0.05) is 23.7 Å². The molecule has 0 aromatic heterocycles. The summed E-state index contributed by atoms with van der Waals surface area (Å²) in [5.74, 6) is 1.70. The predicted molar refractivity (Wildman–Crippen MR) is 145 cm³/mol. The Morgan fingerprint density at radius 3 is 2.50 bits per heavy atom. The number of hydrogen-bond acceptors (Lipinski definition) is 4. The molecule has 0 fully saturated rings. The maximum Gasteiger partial charge on any atom is 0.257 e. The average Bonchev–Trinajstić information content (AvgIpc) is 2.80. The van der Waals surface area contributed by atoms with Crippen LogP contribution in [-0.4, -0.2) is 24.2 Å². The van der Waals surface area contributed by atoms with Gasteiger partial charge in [0.1, 0.15) is 11.5 Å². The van der Waals surface area contributed by atoms with Crippen molar-refractivity contribution >= 4 is 44.9 Å². The fraction of sp³-hybridized carbons (Fsp3) is 0.259. The van der Waals surface area contributed by atoms with E-state index in [1.165, 1.54) is 5.56 Å². The predicted octanol–water partition coefficient (Wildman–Crippen LogP) is 6.62. The lowest BCUT2D eigenvalue weighted by atomic mass is 10.1. The summed E-state index contributed by atoms with van der Waals surface area (Å²) >= 11 is 8.81. The third-order valence-electron chi connectivity index (χ3n) is 4.97. The van der Waals surface area contributed by atoms with Crippen molar-refractivity contribution in [3.05, 3.63) is 88.4 Å². The Balaban J connectivity index is 1.49. The summed E-state index contributed by atoms with van der Waals surface area (Å²) < 4.78 is 12.4. The number of carbonyl (C=O) groups is 1. The van der Waals surface area contributed by atoms with E-state index in [0.29, 0.717) is 30.4 Å². The Morgan fingerprint density at radius 1 is 0.971 bits per heavy atom. The van der Waals surface area contributed by atoms with E-state index in [2.05, 4.69) is 52.5 Å². The lowest BCUT2D eigenvalue weighted by molar-refractivity contribution is 0.0977. The van der Waals surface area contributed by atoms with Gasteiger partial charge >= 0.3 is 0 Å². The van der Waals surface area contributed by atoms with Crippen LogP contribution in [0.1, 0.15) is 36.2 Å². The summed E-state index contributed by atoms with van der Waals surface area (Å²) in [4.78, 5) is 12.6. The van der Waals surface area contributed by atoms with Crippen LogP contribution in [-0.2, 0) is 6.42 Å². The molecular formula is C27H29BrN2O3S. The molecule has 5 nitrogen and oxygen atoms in total. The van der Waals surface area contributed by atoms with Crippen LogP contribution >= 0.6 is 28.1 Å². The normalized spacial score (nSPS) is 10.6. The van der Waals surface area contributed by atoms with Crippen molar-refractivity contribution in [2.24, 2.45) is 5.92 Å². The second-order valence-corrected chi connectivity index (χ2v) is 9.46. The highest BCUT2D eigenvalue weighted by Crippen LogP contribution is 2.26. The molecule has 1 amide bonds. The SMILES string of the molecule is CC(C)CCOc1ccc(C(=O)NC(=S)Nc2cccc(OCCc3ccccc3)c2)cc1Br. The zero-order valence-corrected chi connectivity index (χ0v) is 21.7. The first-order valence-corrected chi connectivity index (χ1v) is 12.4. The number of amides is 1. The number of hydrogen-bond donors (Lipinski definition) is 2. The topological polar surface area (TPSA) is 59.6 Å². The lowest BCUT2D eigenvalue weighted by Crippen LogP contribution is -2.34. The number of benzene rings is 3. The van der Waals surface area contributed by atoms with Crippen LogP contribution < -0.4 is 20.1 Å². The highest BCUT2D eigenvalue weighted by molar-refractivity contribution is 9.10. The summed E-state index contributed by atoms with van der Waals surface area (Å²) in [6.45, 7) is 5.50. The molecule has 34 heavy (non-hydrogen) atoms. The standard InChI is InChI=1S/C27H29BrN2O3S/c1-19(2)13-15-33-25-12-11-21(17-24(25)28)26(31)30-27(34)29-22-9-6-10-23(18-22)32-16-14-20-7-4-3-5-8-20/h3-12,17-19H,13-16H2,1-2H3,(H2,29,30,31,34). The Morgan fingerprint density at radius 2 is 1.76 bits per heavy atom.